The lowest BCUT2D eigenvalue weighted by atomic mass is 10.0. The van der Waals surface area contributed by atoms with E-state index in [-0.39, 0.29) is 30.9 Å². The molecule has 0 aliphatic rings. The summed E-state index contributed by atoms with van der Waals surface area (Å²) in [4.78, 5) is 46.2. The van der Waals surface area contributed by atoms with E-state index in [2.05, 4.69) is 5.32 Å². The van der Waals surface area contributed by atoms with E-state index >= 15 is 0 Å². The summed E-state index contributed by atoms with van der Waals surface area (Å²) in [7, 11) is 1.45. The first-order valence-corrected chi connectivity index (χ1v) is 7.13. The Bertz CT molecular complexity index is 600. The molecule has 7 nitrogen and oxygen atoms in total. The van der Waals surface area contributed by atoms with Crippen LogP contribution in [0.4, 0.5) is 0 Å². The number of carboxylic acid groups (broad SMARTS) is 1. The normalized spacial score (nSPS) is 11.4. The second kappa shape index (κ2) is 8.67. The molecule has 1 aromatic rings. The van der Waals surface area contributed by atoms with Gasteiger partial charge < -0.3 is 20.1 Å². The molecule has 0 fully saturated rings. The van der Waals surface area contributed by atoms with E-state index in [4.69, 9.17) is 5.11 Å². The van der Waals surface area contributed by atoms with Crippen molar-refractivity contribution in [3.8, 4) is 0 Å². The number of aldehydes is 1. The standard InChI is InChI=1S/C16H20N2O5/c1-11-5-6-12(16(22)23)8-13(11)9-18(10-20)14(4-3-7-19)15(21)17-2/h5-8,10,14H,3-4,9H2,1-2H3,(H,17,21)(H,22,23). The van der Waals surface area contributed by atoms with Gasteiger partial charge in [0.2, 0.25) is 12.3 Å². The maximum absolute atomic E-state index is 11.9. The monoisotopic (exact) mass is 320 g/mol. The average molecular weight is 320 g/mol. The van der Waals surface area contributed by atoms with Gasteiger partial charge in [-0.1, -0.05) is 6.07 Å². The number of hydrogen-bond acceptors (Lipinski definition) is 4. The highest BCUT2D eigenvalue weighted by atomic mass is 16.4. The van der Waals surface area contributed by atoms with Crippen molar-refractivity contribution in [3.63, 3.8) is 0 Å². The first kappa shape index (κ1) is 18.3. The molecule has 2 N–H and O–H groups in total. The summed E-state index contributed by atoms with van der Waals surface area (Å²) < 4.78 is 0. The Kier molecular flexibility index (Phi) is 6.92. The van der Waals surface area contributed by atoms with Gasteiger partial charge in [0.15, 0.2) is 0 Å². The van der Waals surface area contributed by atoms with Crippen molar-refractivity contribution >= 4 is 24.6 Å². The molecule has 1 rings (SSSR count). The quantitative estimate of drug-likeness (QED) is 0.653. The summed E-state index contributed by atoms with van der Waals surface area (Å²) in [6.45, 7) is 1.89. The Morgan fingerprint density at radius 1 is 1.35 bits per heavy atom. The Hall–Kier alpha value is -2.70. The molecule has 0 aliphatic carbocycles. The fourth-order valence-electron chi connectivity index (χ4n) is 2.23. The minimum absolute atomic E-state index is 0.0907. The van der Waals surface area contributed by atoms with Crippen molar-refractivity contribution in [2.24, 2.45) is 0 Å². The molecule has 2 amide bonds. The number of rotatable bonds is 9. The van der Waals surface area contributed by atoms with Crippen LogP contribution in [-0.4, -0.2) is 47.7 Å². The topological polar surface area (TPSA) is 104 Å². The van der Waals surface area contributed by atoms with Gasteiger partial charge >= 0.3 is 5.97 Å². The summed E-state index contributed by atoms with van der Waals surface area (Å²) in [5, 5.41) is 11.5. The van der Waals surface area contributed by atoms with Gasteiger partial charge in [-0.25, -0.2) is 4.79 Å². The summed E-state index contributed by atoms with van der Waals surface area (Å²) in [5.74, 6) is -1.43. The van der Waals surface area contributed by atoms with Crippen molar-refractivity contribution in [3.05, 3.63) is 34.9 Å². The summed E-state index contributed by atoms with van der Waals surface area (Å²) in [6, 6.07) is 3.84. The minimum atomic E-state index is -1.06. The van der Waals surface area contributed by atoms with Crippen molar-refractivity contribution in [2.75, 3.05) is 7.05 Å². The molecule has 0 saturated carbocycles. The molecule has 1 atom stereocenters. The third-order valence-electron chi connectivity index (χ3n) is 3.59. The Labute approximate surface area is 134 Å². The Morgan fingerprint density at radius 2 is 2.04 bits per heavy atom. The number of amides is 2. The van der Waals surface area contributed by atoms with Crippen LogP contribution in [0.2, 0.25) is 0 Å². The van der Waals surface area contributed by atoms with Crippen molar-refractivity contribution in [1.29, 1.82) is 0 Å². The number of likely N-dealkylation sites (N-methyl/N-ethyl adjacent to an activating group) is 1. The van der Waals surface area contributed by atoms with Crippen LogP contribution in [0.3, 0.4) is 0 Å². The molecule has 1 unspecified atom stereocenters. The number of carbonyl (C=O) groups is 4. The number of nitrogens with one attached hydrogen (secondary N) is 1. The second-order valence-electron chi connectivity index (χ2n) is 5.10. The summed E-state index contributed by atoms with van der Waals surface area (Å²) >= 11 is 0. The zero-order valence-corrected chi connectivity index (χ0v) is 13.1. The molecule has 0 bridgehead atoms. The number of aromatic carboxylic acids is 1. The Morgan fingerprint density at radius 3 is 2.57 bits per heavy atom. The molecular formula is C16H20N2O5. The zero-order chi connectivity index (χ0) is 17.4. The van der Waals surface area contributed by atoms with Crippen LogP contribution >= 0.6 is 0 Å². The van der Waals surface area contributed by atoms with Crippen molar-refractivity contribution in [2.45, 2.75) is 32.4 Å². The van der Waals surface area contributed by atoms with Gasteiger partial charge in [-0.3, -0.25) is 9.59 Å². The number of aryl methyl sites for hydroxylation is 1. The summed E-state index contributed by atoms with van der Waals surface area (Å²) in [6.07, 6.45) is 1.59. The molecule has 0 saturated heterocycles. The third kappa shape index (κ3) is 4.91. The van der Waals surface area contributed by atoms with Gasteiger partial charge in [0.1, 0.15) is 12.3 Å². The molecule has 0 aromatic heterocycles. The van der Waals surface area contributed by atoms with Gasteiger partial charge in [0.25, 0.3) is 0 Å². The number of nitrogens with zero attached hydrogens (tertiary/aromatic N) is 1. The molecule has 23 heavy (non-hydrogen) atoms. The van der Waals surface area contributed by atoms with Crippen molar-refractivity contribution < 1.29 is 24.3 Å². The van der Waals surface area contributed by atoms with Gasteiger partial charge in [0, 0.05) is 20.0 Å². The van der Waals surface area contributed by atoms with E-state index in [9.17, 15) is 19.2 Å². The van der Waals surface area contributed by atoms with Crippen LogP contribution in [0, 0.1) is 6.92 Å². The molecule has 0 heterocycles. The van der Waals surface area contributed by atoms with Gasteiger partial charge in [-0.2, -0.15) is 0 Å². The second-order valence-corrected chi connectivity index (χ2v) is 5.10. The van der Waals surface area contributed by atoms with Crippen LogP contribution in [0.15, 0.2) is 18.2 Å². The fourth-order valence-corrected chi connectivity index (χ4v) is 2.23. The van der Waals surface area contributed by atoms with Gasteiger partial charge in [0.05, 0.1) is 5.56 Å². The van der Waals surface area contributed by atoms with Crippen LogP contribution in [0.1, 0.15) is 34.3 Å². The minimum Gasteiger partial charge on any atom is -0.478 e. The number of hydrogen-bond donors (Lipinski definition) is 2. The lowest BCUT2D eigenvalue weighted by Crippen LogP contribution is -2.45. The highest BCUT2D eigenvalue weighted by molar-refractivity contribution is 5.88. The van der Waals surface area contributed by atoms with E-state index < -0.39 is 12.0 Å². The first-order valence-electron chi connectivity index (χ1n) is 7.13. The van der Waals surface area contributed by atoms with Crippen LogP contribution in [0.5, 0.6) is 0 Å². The molecule has 7 heteroatoms. The molecule has 0 radical (unpaired) electrons. The molecule has 0 spiro atoms. The lowest BCUT2D eigenvalue weighted by Gasteiger charge is -2.27. The van der Waals surface area contributed by atoms with E-state index in [1.807, 2.05) is 0 Å². The van der Waals surface area contributed by atoms with Crippen molar-refractivity contribution in [1.82, 2.24) is 10.2 Å². The maximum Gasteiger partial charge on any atom is 0.335 e. The smallest absolute Gasteiger partial charge is 0.335 e. The zero-order valence-electron chi connectivity index (χ0n) is 13.1. The SMILES string of the molecule is CNC(=O)C(CCC=O)N(C=O)Cc1cc(C(=O)O)ccc1C. The van der Waals surface area contributed by atoms with Crippen LogP contribution < -0.4 is 5.32 Å². The number of carboxylic acids is 1. The van der Waals surface area contributed by atoms with Gasteiger partial charge in [-0.05, 0) is 36.6 Å². The van der Waals surface area contributed by atoms with E-state index in [1.165, 1.54) is 24.1 Å². The number of benzene rings is 1. The molecular weight excluding hydrogens is 300 g/mol. The van der Waals surface area contributed by atoms with E-state index in [0.29, 0.717) is 18.3 Å². The Balaban J connectivity index is 3.07. The third-order valence-corrected chi connectivity index (χ3v) is 3.59. The predicted octanol–water partition coefficient (Wildman–Crippen LogP) is 0.745. The van der Waals surface area contributed by atoms with Crippen LogP contribution in [0.25, 0.3) is 0 Å². The highest BCUT2D eigenvalue weighted by Gasteiger charge is 2.24. The largest absolute Gasteiger partial charge is 0.478 e. The fraction of sp³-hybridized carbons (Fsp3) is 0.375. The number of carbonyl (C=O) groups excluding carboxylic acids is 3. The first-order chi connectivity index (χ1) is 10.9. The average Bonchev–Trinajstić information content (AvgIpc) is 2.54. The van der Waals surface area contributed by atoms with E-state index in [0.717, 1.165) is 5.56 Å². The summed E-state index contributed by atoms with van der Waals surface area (Å²) in [5.41, 5.74) is 1.56. The van der Waals surface area contributed by atoms with Gasteiger partial charge in [-0.15, -0.1) is 0 Å². The molecule has 124 valence electrons. The maximum atomic E-state index is 11.9. The van der Waals surface area contributed by atoms with E-state index in [1.54, 1.807) is 13.0 Å². The predicted molar refractivity (Wildman–Crippen MR) is 82.9 cm³/mol. The van der Waals surface area contributed by atoms with Crippen LogP contribution in [-0.2, 0) is 20.9 Å². The highest BCUT2D eigenvalue weighted by Crippen LogP contribution is 2.16. The molecule has 0 aliphatic heterocycles. The molecule has 1 aromatic carbocycles. The lowest BCUT2D eigenvalue weighted by molar-refractivity contribution is -0.133.